The Bertz CT molecular complexity index is 1130. The molecule has 1 aliphatic rings. The lowest BCUT2D eigenvalue weighted by Gasteiger charge is -2.23. The van der Waals surface area contributed by atoms with Crippen LogP contribution in [0.5, 0.6) is 0 Å². The van der Waals surface area contributed by atoms with Crippen LogP contribution in [0.1, 0.15) is 12.5 Å². The van der Waals surface area contributed by atoms with Gasteiger partial charge in [0.2, 0.25) is 5.91 Å². The summed E-state index contributed by atoms with van der Waals surface area (Å²) in [4.78, 5) is 25.2. The summed E-state index contributed by atoms with van der Waals surface area (Å²) in [5.41, 5.74) is 0.437. The van der Waals surface area contributed by atoms with Crippen molar-refractivity contribution >= 4 is 44.7 Å². The second kappa shape index (κ2) is 8.68. The lowest BCUT2D eigenvalue weighted by molar-refractivity contribution is -0.148. The van der Waals surface area contributed by atoms with Crippen LogP contribution in [0.15, 0.2) is 58.5 Å². The van der Waals surface area contributed by atoms with Crippen LogP contribution in [0.4, 0.5) is 5.69 Å². The van der Waals surface area contributed by atoms with E-state index in [1.165, 1.54) is 24.3 Å². The molecule has 1 aliphatic heterocycles. The third-order valence-electron chi connectivity index (χ3n) is 4.91. The van der Waals surface area contributed by atoms with Gasteiger partial charge in [-0.2, -0.15) is 5.10 Å². The minimum Gasteiger partial charge on any atom is -0.468 e. The van der Waals surface area contributed by atoms with Crippen molar-refractivity contribution in [2.24, 2.45) is 10.5 Å². The first kappa shape index (κ1) is 22.8. The Hall–Kier alpha value is -2.91. The van der Waals surface area contributed by atoms with Crippen molar-refractivity contribution in [3.63, 3.8) is 0 Å². The fraction of sp³-hybridized carbons (Fsp3) is 0.286. The molecular formula is C21H22ClN3O5S. The standard InChI is InChI=1S/C21H22ClN3O5S/c1-21(20(27)30-2)13-25(12-18(26)23-16-8-6-15(22)7-9-16)24-19(21)14-4-10-17(11-5-14)31(3,28)29/h4-11H,12-13H2,1-3H3,(H,23,26). The Balaban J connectivity index is 1.84. The highest BCUT2D eigenvalue weighted by Gasteiger charge is 2.47. The molecule has 3 rings (SSSR count). The van der Waals surface area contributed by atoms with Crippen LogP contribution in [0, 0.1) is 5.41 Å². The molecule has 0 spiro atoms. The maximum absolute atomic E-state index is 12.6. The van der Waals surface area contributed by atoms with E-state index in [0.29, 0.717) is 22.0 Å². The number of sulfone groups is 1. The number of hydrazone groups is 1. The topological polar surface area (TPSA) is 105 Å². The molecule has 1 atom stereocenters. The van der Waals surface area contributed by atoms with E-state index in [1.807, 2.05) is 0 Å². The van der Waals surface area contributed by atoms with Crippen molar-refractivity contribution in [2.45, 2.75) is 11.8 Å². The van der Waals surface area contributed by atoms with Crippen LogP contribution < -0.4 is 5.32 Å². The number of nitrogens with zero attached hydrogens (tertiary/aromatic N) is 2. The van der Waals surface area contributed by atoms with Crippen LogP contribution in [-0.4, -0.2) is 57.5 Å². The second-order valence-corrected chi connectivity index (χ2v) is 9.90. The second-order valence-electron chi connectivity index (χ2n) is 7.45. The zero-order valence-electron chi connectivity index (χ0n) is 17.3. The van der Waals surface area contributed by atoms with Gasteiger partial charge in [-0.25, -0.2) is 8.42 Å². The third-order valence-corrected chi connectivity index (χ3v) is 6.29. The Labute approximate surface area is 185 Å². The molecule has 0 fully saturated rings. The molecule has 10 heteroatoms. The largest absolute Gasteiger partial charge is 0.468 e. The van der Waals surface area contributed by atoms with Gasteiger partial charge in [0.1, 0.15) is 12.0 Å². The predicted molar refractivity (Wildman–Crippen MR) is 118 cm³/mol. The zero-order valence-corrected chi connectivity index (χ0v) is 18.8. The van der Waals surface area contributed by atoms with E-state index in [4.69, 9.17) is 16.3 Å². The average molecular weight is 464 g/mol. The highest BCUT2D eigenvalue weighted by atomic mass is 35.5. The van der Waals surface area contributed by atoms with Gasteiger partial charge < -0.3 is 10.1 Å². The highest BCUT2D eigenvalue weighted by molar-refractivity contribution is 7.90. The number of anilines is 1. The van der Waals surface area contributed by atoms with Crippen molar-refractivity contribution in [3.8, 4) is 0 Å². The number of methoxy groups -OCH3 is 1. The Morgan fingerprint density at radius 1 is 1.16 bits per heavy atom. The summed E-state index contributed by atoms with van der Waals surface area (Å²) in [6, 6.07) is 12.8. The molecule has 2 aromatic carbocycles. The number of carbonyl (C=O) groups is 2. The molecular weight excluding hydrogens is 442 g/mol. The molecule has 1 amide bonds. The number of carbonyl (C=O) groups excluding carboxylic acids is 2. The maximum Gasteiger partial charge on any atom is 0.319 e. The monoisotopic (exact) mass is 463 g/mol. The van der Waals surface area contributed by atoms with Gasteiger partial charge in [0.15, 0.2) is 9.84 Å². The summed E-state index contributed by atoms with van der Waals surface area (Å²) >= 11 is 5.85. The number of amides is 1. The molecule has 0 saturated heterocycles. The molecule has 0 radical (unpaired) electrons. The van der Waals surface area contributed by atoms with E-state index < -0.39 is 21.2 Å². The van der Waals surface area contributed by atoms with Gasteiger partial charge in [-0.3, -0.25) is 14.6 Å². The van der Waals surface area contributed by atoms with E-state index in [2.05, 4.69) is 10.4 Å². The number of halogens is 1. The van der Waals surface area contributed by atoms with Crippen molar-refractivity contribution in [1.29, 1.82) is 0 Å². The smallest absolute Gasteiger partial charge is 0.319 e. The van der Waals surface area contributed by atoms with Crippen LogP contribution in [0.3, 0.4) is 0 Å². The van der Waals surface area contributed by atoms with Crippen molar-refractivity contribution in [2.75, 3.05) is 31.8 Å². The summed E-state index contributed by atoms with van der Waals surface area (Å²) in [7, 11) is -2.07. The quantitative estimate of drug-likeness (QED) is 0.660. The molecule has 8 nitrogen and oxygen atoms in total. The van der Waals surface area contributed by atoms with Crippen molar-refractivity contribution in [3.05, 3.63) is 59.1 Å². The van der Waals surface area contributed by atoms with Crippen LogP contribution in [-0.2, 0) is 24.2 Å². The van der Waals surface area contributed by atoms with Gasteiger partial charge in [-0.15, -0.1) is 0 Å². The van der Waals surface area contributed by atoms with E-state index in [0.717, 1.165) is 6.26 Å². The molecule has 0 aromatic heterocycles. The minimum atomic E-state index is -3.36. The zero-order chi connectivity index (χ0) is 22.8. The fourth-order valence-corrected chi connectivity index (χ4v) is 4.10. The number of benzene rings is 2. The molecule has 31 heavy (non-hydrogen) atoms. The lowest BCUT2D eigenvalue weighted by Crippen LogP contribution is -2.41. The first-order chi connectivity index (χ1) is 14.5. The van der Waals surface area contributed by atoms with E-state index in [1.54, 1.807) is 43.3 Å². The van der Waals surface area contributed by atoms with Gasteiger partial charge in [-0.1, -0.05) is 23.7 Å². The third kappa shape index (κ3) is 5.05. The summed E-state index contributed by atoms with van der Waals surface area (Å²) < 4.78 is 28.4. The van der Waals surface area contributed by atoms with Gasteiger partial charge in [0, 0.05) is 17.0 Å². The van der Waals surface area contributed by atoms with E-state index in [-0.39, 0.29) is 23.9 Å². The number of ether oxygens (including phenoxy) is 1. The Morgan fingerprint density at radius 2 is 1.77 bits per heavy atom. The average Bonchev–Trinajstić information content (AvgIpc) is 3.05. The minimum absolute atomic E-state index is 0.0832. The van der Waals surface area contributed by atoms with Gasteiger partial charge in [0.05, 0.1) is 24.3 Å². The first-order valence-electron chi connectivity index (χ1n) is 9.31. The van der Waals surface area contributed by atoms with Gasteiger partial charge in [0.25, 0.3) is 0 Å². The molecule has 1 heterocycles. The summed E-state index contributed by atoms with van der Waals surface area (Å²) in [5, 5.41) is 9.29. The summed E-state index contributed by atoms with van der Waals surface area (Å²) in [5.74, 6) is -0.814. The fourth-order valence-electron chi connectivity index (χ4n) is 3.34. The maximum atomic E-state index is 12.6. The normalized spacial score (nSPS) is 18.5. The highest BCUT2D eigenvalue weighted by Crippen LogP contribution is 2.33. The molecule has 164 valence electrons. The van der Waals surface area contributed by atoms with Gasteiger partial charge in [-0.05, 0) is 48.9 Å². The number of hydrogen-bond acceptors (Lipinski definition) is 7. The number of esters is 1. The number of hydrogen-bond donors (Lipinski definition) is 1. The van der Waals surface area contributed by atoms with E-state index >= 15 is 0 Å². The van der Waals surface area contributed by atoms with Crippen molar-refractivity contribution < 1.29 is 22.7 Å². The molecule has 0 bridgehead atoms. The Kier molecular flexibility index (Phi) is 6.38. The molecule has 0 saturated carbocycles. The van der Waals surface area contributed by atoms with Crippen LogP contribution >= 0.6 is 11.6 Å². The SMILES string of the molecule is COC(=O)C1(C)CN(CC(=O)Nc2ccc(Cl)cc2)N=C1c1ccc(S(C)(=O)=O)cc1. The van der Waals surface area contributed by atoms with Crippen molar-refractivity contribution in [1.82, 2.24) is 5.01 Å². The predicted octanol–water partition coefficient (Wildman–Crippen LogP) is 2.58. The Morgan fingerprint density at radius 3 is 2.32 bits per heavy atom. The molecule has 2 aromatic rings. The van der Waals surface area contributed by atoms with E-state index in [9.17, 15) is 18.0 Å². The lowest BCUT2D eigenvalue weighted by atomic mass is 9.82. The number of rotatable bonds is 6. The molecule has 1 N–H and O–H groups in total. The van der Waals surface area contributed by atoms with Crippen LogP contribution in [0.2, 0.25) is 5.02 Å². The molecule has 0 aliphatic carbocycles. The van der Waals surface area contributed by atoms with Gasteiger partial charge >= 0.3 is 5.97 Å². The molecule has 1 unspecified atom stereocenters. The number of nitrogens with one attached hydrogen (secondary N) is 1. The first-order valence-corrected chi connectivity index (χ1v) is 11.6. The van der Waals surface area contributed by atoms with Crippen LogP contribution in [0.25, 0.3) is 0 Å². The summed E-state index contributed by atoms with van der Waals surface area (Å²) in [6.07, 6.45) is 1.12. The summed E-state index contributed by atoms with van der Waals surface area (Å²) in [6.45, 7) is 1.73.